The monoisotopic (exact) mass is 376 g/mol. The van der Waals surface area contributed by atoms with Crippen LogP contribution in [-0.2, 0) is 4.79 Å². The van der Waals surface area contributed by atoms with Gasteiger partial charge >= 0.3 is 5.97 Å². The van der Waals surface area contributed by atoms with E-state index >= 15 is 0 Å². The molecule has 1 atom stereocenters. The van der Waals surface area contributed by atoms with Gasteiger partial charge in [0.05, 0.1) is 22.2 Å². The van der Waals surface area contributed by atoms with E-state index in [9.17, 15) is 14.0 Å². The average Bonchev–Trinajstić information content (AvgIpc) is 2.75. The van der Waals surface area contributed by atoms with Gasteiger partial charge in [-0.05, 0) is 38.4 Å². The quantitative estimate of drug-likeness (QED) is 0.819. The number of nitrogens with zero attached hydrogens (tertiary/aromatic N) is 2. The summed E-state index contributed by atoms with van der Waals surface area (Å²) in [6.07, 6.45) is 2.20. The minimum absolute atomic E-state index is 0.0349. The Morgan fingerprint density at radius 1 is 1.29 bits per heavy atom. The Balaban J connectivity index is 2.07. The number of hydrogen-bond donors (Lipinski definition) is 1. The minimum Gasteiger partial charge on any atom is -0.480 e. The lowest BCUT2D eigenvalue weighted by Crippen LogP contribution is -2.37. The Hall–Kier alpha value is -1.37. The Kier molecular flexibility index (Phi) is 6.43. The number of carbonyl (C=O) groups is 2. The number of likely N-dealkylation sites (tertiary alicyclic amines) is 1. The van der Waals surface area contributed by atoms with Crippen LogP contribution in [0.3, 0.4) is 0 Å². The number of halogens is 3. The number of amides is 1. The zero-order valence-electron chi connectivity index (χ0n) is 13.3. The van der Waals surface area contributed by atoms with Crippen molar-refractivity contribution in [2.24, 2.45) is 0 Å². The van der Waals surface area contributed by atoms with Crippen molar-refractivity contribution in [1.82, 2.24) is 9.80 Å². The standard InChI is InChI=1S/C16H19Cl2FN2O3/c1-20(9-15(22)23)10-3-2-5-21(6-4-10)16(24)11-7-14(19)13(18)8-12(11)17/h7-8,10H,2-6,9H2,1H3,(H,22,23). The van der Waals surface area contributed by atoms with E-state index in [1.165, 1.54) is 6.07 Å². The first-order valence-corrected chi connectivity index (χ1v) is 8.41. The fourth-order valence-corrected chi connectivity index (χ4v) is 3.39. The van der Waals surface area contributed by atoms with Gasteiger partial charge in [-0.1, -0.05) is 23.2 Å². The third-order valence-corrected chi connectivity index (χ3v) is 4.84. The molecule has 132 valence electrons. The van der Waals surface area contributed by atoms with Crippen molar-refractivity contribution >= 4 is 35.1 Å². The van der Waals surface area contributed by atoms with Crippen LogP contribution < -0.4 is 0 Å². The maximum absolute atomic E-state index is 13.6. The maximum atomic E-state index is 13.6. The van der Waals surface area contributed by atoms with E-state index in [1.807, 2.05) is 0 Å². The van der Waals surface area contributed by atoms with Crippen LogP contribution in [0.15, 0.2) is 12.1 Å². The summed E-state index contributed by atoms with van der Waals surface area (Å²) < 4.78 is 13.6. The van der Waals surface area contributed by atoms with Gasteiger partial charge in [0.2, 0.25) is 0 Å². The van der Waals surface area contributed by atoms with E-state index in [2.05, 4.69) is 0 Å². The largest absolute Gasteiger partial charge is 0.480 e. The summed E-state index contributed by atoms with van der Waals surface area (Å²) in [5, 5.41) is 8.88. The lowest BCUT2D eigenvalue weighted by atomic mass is 10.1. The Morgan fingerprint density at radius 3 is 2.67 bits per heavy atom. The summed E-state index contributed by atoms with van der Waals surface area (Å²) in [7, 11) is 1.77. The zero-order chi connectivity index (χ0) is 17.9. The van der Waals surface area contributed by atoms with Gasteiger partial charge in [-0.25, -0.2) is 4.39 Å². The SMILES string of the molecule is CN(CC(=O)O)C1CCCN(C(=O)c2cc(F)c(Cl)cc2Cl)CC1. The van der Waals surface area contributed by atoms with Crippen molar-refractivity contribution in [1.29, 1.82) is 0 Å². The third-order valence-electron chi connectivity index (χ3n) is 4.23. The lowest BCUT2D eigenvalue weighted by molar-refractivity contribution is -0.138. The predicted molar refractivity (Wildman–Crippen MR) is 90.2 cm³/mol. The highest BCUT2D eigenvalue weighted by Gasteiger charge is 2.26. The molecule has 1 heterocycles. The summed E-state index contributed by atoms with van der Waals surface area (Å²) in [4.78, 5) is 26.9. The van der Waals surface area contributed by atoms with Crippen LogP contribution in [0.4, 0.5) is 4.39 Å². The molecule has 1 saturated heterocycles. The summed E-state index contributed by atoms with van der Waals surface area (Å²) in [5.74, 6) is -1.89. The molecule has 1 unspecified atom stereocenters. The van der Waals surface area contributed by atoms with Crippen LogP contribution in [0.25, 0.3) is 0 Å². The Bertz CT molecular complexity index is 642. The van der Waals surface area contributed by atoms with E-state index in [0.29, 0.717) is 19.5 Å². The van der Waals surface area contributed by atoms with Crippen molar-refractivity contribution in [2.75, 3.05) is 26.7 Å². The van der Waals surface area contributed by atoms with Gasteiger partial charge in [0.15, 0.2) is 0 Å². The molecule has 1 N–H and O–H groups in total. The van der Waals surface area contributed by atoms with Crippen LogP contribution in [0, 0.1) is 5.82 Å². The molecular weight excluding hydrogens is 358 g/mol. The van der Waals surface area contributed by atoms with Crippen LogP contribution in [0.5, 0.6) is 0 Å². The zero-order valence-corrected chi connectivity index (χ0v) is 14.8. The topological polar surface area (TPSA) is 60.9 Å². The fraction of sp³-hybridized carbons (Fsp3) is 0.500. The highest BCUT2D eigenvalue weighted by atomic mass is 35.5. The highest BCUT2D eigenvalue weighted by Crippen LogP contribution is 2.26. The number of aliphatic carboxylic acids is 1. The van der Waals surface area contributed by atoms with E-state index in [0.717, 1.165) is 18.9 Å². The van der Waals surface area contributed by atoms with Crippen LogP contribution in [-0.4, -0.2) is 59.5 Å². The number of rotatable bonds is 4. The van der Waals surface area contributed by atoms with Gasteiger partial charge in [0, 0.05) is 19.1 Å². The lowest BCUT2D eigenvalue weighted by Gasteiger charge is -2.25. The van der Waals surface area contributed by atoms with E-state index in [1.54, 1.807) is 16.8 Å². The van der Waals surface area contributed by atoms with Crippen molar-refractivity contribution in [3.63, 3.8) is 0 Å². The fourth-order valence-electron chi connectivity index (χ4n) is 2.92. The normalized spacial score (nSPS) is 18.5. The second-order valence-electron chi connectivity index (χ2n) is 5.93. The summed E-state index contributed by atoms with van der Waals surface area (Å²) in [5.41, 5.74) is 0.0934. The van der Waals surface area contributed by atoms with Gasteiger partial charge in [-0.2, -0.15) is 0 Å². The molecule has 1 amide bonds. The molecule has 8 heteroatoms. The Labute approximate surface area is 149 Å². The van der Waals surface area contributed by atoms with Gasteiger partial charge in [0.25, 0.3) is 5.91 Å². The summed E-state index contributed by atoms with van der Waals surface area (Å²) >= 11 is 11.7. The van der Waals surface area contributed by atoms with Crippen molar-refractivity contribution in [2.45, 2.75) is 25.3 Å². The van der Waals surface area contributed by atoms with Crippen molar-refractivity contribution < 1.29 is 19.1 Å². The van der Waals surface area contributed by atoms with Gasteiger partial charge in [0.1, 0.15) is 5.82 Å². The molecule has 0 aromatic heterocycles. The molecule has 1 aromatic carbocycles. The molecule has 0 radical (unpaired) electrons. The summed E-state index contributed by atoms with van der Waals surface area (Å²) in [6.45, 7) is 0.956. The van der Waals surface area contributed by atoms with Crippen molar-refractivity contribution in [3.05, 3.63) is 33.6 Å². The number of carboxylic acids is 1. The van der Waals surface area contributed by atoms with Crippen molar-refractivity contribution in [3.8, 4) is 0 Å². The molecule has 1 aromatic rings. The van der Waals surface area contributed by atoms with E-state index < -0.39 is 11.8 Å². The predicted octanol–water partition coefficient (Wildman–Crippen LogP) is 3.14. The molecule has 1 aliphatic rings. The Morgan fingerprint density at radius 2 is 2.00 bits per heavy atom. The molecule has 5 nitrogen and oxygen atoms in total. The van der Waals surface area contributed by atoms with Gasteiger partial charge in [-0.15, -0.1) is 0 Å². The van der Waals surface area contributed by atoms with Gasteiger partial charge < -0.3 is 10.0 Å². The van der Waals surface area contributed by atoms with E-state index in [-0.39, 0.29) is 34.1 Å². The number of carbonyl (C=O) groups excluding carboxylic acids is 1. The molecule has 0 bridgehead atoms. The van der Waals surface area contributed by atoms with Crippen LogP contribution >= 0.6 is 23.2 Å². The molecule has 2 rings (SSSR count). The number of carboxylic acid groups (broad SMARTS) is 1. The third kappa shape index (κ3) is 4.59. The molecule has 1 aliphatic heterocycles. The van der Waals surface area contributed by atoms with Crippen LogP contribution in [0.2, 0.25) is 10.0 Å². The second-order valence-corrected chi connectivity index (χ2v) is 6.75. The molecule has 0 saturated carbocycles. The average molecular weight is 377 g/mol. The minimum atomic E-state index is -0.877. The smallest absolute Gasteiger partial charge is 0.317 e. The van der Waals surface area contributed by atoms with Gasteiger partial charge in [-0.3, -0.25) is 14.5 Å². The second kappa shape index (κ2) is 8.14. The number of benzene rings is 1. The highest BCUT2D eigenvalue weighted by molar-refractivity contribution is 6.36. The summed E-state index contributed by atoms with van der Waals surface area (Å²) in [6, 6.07) is 2.38. The first kappa shape index (κ1) is 19.0. The number of likely N-dealkylation sites (N-methyl/N-ethyl adjacent to an activating group) is 1. The molecule has 0 spiro atoms. The number of hydrogen-bond acceptors (Lipinski definition) is 3. The molecule has 0 aliphatic carbocycles. The van der Waals surface area contributed by atoms with Crippen LogP contribution in [0.1, 0.15) is 29.6 Å². The molecule has 24 heavy (non-hydrogen) atoms. The van der Waals surface area contributed by atoms with E-state index in [4.69, 9.17) is 28.3 Å². The first-order chi connectivity index (χ1) is 11.3. The molecular formula is C16H19Cl2FN2O3. The maximum Gasteiger partial charge on any atom is 0.317 e. The molecule has 1 fully saturated rings. The first-order valence-electron chi connectivity index (χ1n) is 7.65.